The Hall–Kier alpha value is -1.49. The van der Waals surface area contributed by atoms with E-state index in [0.717, 1.165) is 11.5 Å². The van der Waals surface area contributed by atoms with Crippen LogP contribution in [0.5, 0.6) is 0 Å². The molecule has 1 aliphatic rings. The molecule has 1 N–H and O–H groups in total. The van der Waals surface area contributed by atoms with Gasteiger partial charge in [-0.3, -0.25) is 0 Å². The zero-order chi connectivity index (χ0) is 12.2. The number of nitrogens with one attached hydrogen (secondary N) is 1. The van der Waals surface area contributed by atoms with Crippen molar-refractivity contribution in [2.24, 2.45) is 0 Å². The molecule has 0 unspecified atom stereocenters. The fourth-order valence-corrected chi connectivity index (χ4v) is 3.25. The van der Waals surface area contributed by atoms with Crippen LogP contribution in [0, 0.1) is 0 Å². The maximum atomic E-state index is 4.42. The number of nitrogens with zero attached hydrogens (tertiary/aromatic N) is 3. The number of anilines is 1. The molecule has 0 amide bonds. The van der Waals surface area contributed by atoms with Gasteiger partial charge in [0.25, 0.3) is 0 Å². The van der Waals surface area contributed by atoms with Crippen molar-refractivity contribution in [2.75, 3.05) is 16.8 Å². The van der Waals surface area contributed by atoms with Gasteiger partial charge in [0.1, 0.15) is 0 Å². The molecule has 3 rings (SSSR count). The van der Waals surface area contributed by atoms with Gasteiger partial charge in [0.15, 0.2) is 5.82 Å². The average molecular weight is 260 g/mol. The highest BCUT2D eigenvalue weighted by Crippen LogP contribution is 2.23. The summed E-state index contributed by atoms with van der Waals surface area (Å²) in [6.45, 7) is 0. The lowest BCUT2D eigenvalue weighted by molar-refractivity contribution is 0.664. The minimum absolute atomic E-state index is 0.560. The molecule has 4 nitrogen and oxygen atoms in total. The van der Waals surface area contributed by atoms with Gasteiger partial charge >= 0.3 is 0 Å². The first-order valence-corrected chi connectivity index (χ1v) is 7.38. The van der Waals surface area contributed by atoms with Gasteiger partial charge in [-0.15, -0.1) is 0 Å². The molecule has 0 atom stereocenters. The zero-order valence-corrected chi connectivity index (χ0v) is 10.9. The van der Waals surface area contributed by atoms with Crippen molar-refractivity contribution < 1.29 is 0 Å². The second kappa shape index (κ2) is 5.44. The first kappa shape index (κ1) is 11.6. The summed E-state index contributed by atoms with van der Waals surface area (Å²) in [5.41, 5.74) is 1.07. The van der Waals surface area contributed by atoms with Gasteiger partial charge in [-0.25, -0.2) is 9.67 Å². The second-order valence-corrected chi connectivity index (χ2v) is 5.58. The molecule has 0 spiro atoms. The minimum atomic E-state index is 0.560. The van der Waals surface area contributed by atoms with Crippen molar-refractivity contribution in [3.05, 3.63) is 36.8 Å². The van der Waals surface area contributed by atoms with Crippen LogP contribution in [0.3, 0.4) is 0 Å². The molecule has 1 aliphatic heterocycles. The van der Waals surface area contributed by atoms with E-state index < -0.39 is 0 Å². The van der Waals surface area contributed by atoms with Gasteiger partial charge in [-0.2, -0.15) is 16.9 Å². The van der Waals surface area contributed by atoms with Crippen LogP contribution >= 0.6 is 11.8 Å². The third-order valence-corrected chi connectivity index (χ3v) is 4.14. The molecule has 1 fully saturated rings. The van der Waals surface area contributed by atoms with Crippen molar-refractivity contribution in [1.82, 2.24) is 14.8 Å². The highest BCUT2D eigenvalue weighted by Gasteiger charge is 2.15. The van der Waals surface area contributed by atoms with E-state index in [1.165, 1.54) is 24.3 Å². The van der Waals surface area contributed by atoms with Gasteiger partial charge in [-0.05, 0) is 42.5 Å². The molecule has 0 aliphatic carbocycles. The van der Waals surface area contributed by atoms with Crippen molar-refractivity contribution in [1.29, 1.82) is 0 Å². The van der Waals surface area contributed by atoms with E-state index in [2.05, 4.69) is 21.5 Å². The Balaban J connectivity index is 1.83. The first-order valence-electron chi connectivity index (χ1n) is 6.23. The average Bonchev–Trinajstić information content (AvgIpc) is 2.94. The van der Waals surface area contributed by atoms with E-state index in [1.54, 1.807) is 17.1 Å². The number of thioether (sulfide) groups is 1. The molecule has 0 radical (unpaired) electrons. The van der Waals surface area contributed by atoms with Crippen molar-refractivity contribution in [3.8, 4) is 5.82 Å². The lowest BCUT2D eigenvalue weighted by Gasteiger charge is -2.24. The number of aromatic nitrogens is 3. The zero-order valence-electron chi connectivity index (χ0n) is 10.1. The lowest BCUT2D eigenvalue weighted by atomic mass is 10.1. The van der Waals surface area contributed by atoms with E-state index in [1.807, 2.05) is 30.1 Å². The summed E-state index contributed by atoms with van der Waals surface area (Å²) in [7, 11) is 0. The van der Waals surface area contributed by atoms with E-state index >= 15 is 0 Å². The maximum absolute atomic E-state index is 4.42. The van der Waals surface area contributed by atoms with Gasteiger partial charge in [-0.1, -0.05) is 0 Å². The highest BCUT2D eigenvalue weighted by molar-refractivity contribution is 7.99. The summed E-state index contributed by atoms with van der Waals surface area (Å²) in [5, 5.41) is 7.85. The van der Waals surface area contributed by atoms with E-state index in [0.29, 0.717) is 6.04 Å². The quantitative estimate of drug-likeness (QED) is 0.921. The second-order valence-electron chi connectivity index (χ2n) is 4.36. The molecule has 94 valence electrons. The summed E-state index contributed by atoms with van der Waals surface area (Å²) < 4.78 is 1.81. The van der Waals surface area contributed by atoms with Crippen LogP contribution in [0.1, 0.15) is 12.8 Å². The predicted octanol–water partition coefficient (Wildman–Crippen LogP) is 2.57. The molecule has 0 saturated carbocycles. The van der Waals surface area contributed by atoms with Crippen LogP contribution in [-0.4, -0.2) is 32.3 Å². The third-order valence-electron chi connectivity index (χ3n) is 3.09. The van der Waals surface area contributed by atoms with Gasteiger partial charge in [0.2, 0.25) is 0 Å². The molecule has 1 saturated heterocycles. The van der Waals surface area contributed by atoms with E-state index in [-0.39, 0.29) is 0 Å². The Kier molecular flexibility index (Phi) is 3.50. The Morgan fingerprint density at radius 1 is 1.22 bits per heavy atom. The Morgan fingerprint density at radius 3 is 2.89 bits per heavy atom. The van der Waals surface area contributed by atoms with Crippen LogP contribution in [-0.2, 0) is 0 Å². The fraction of sp³-hybridized carbons (Fsp3) is 0.385. The van der Waals surface area contributed by atoms with Crippen molar-refractivity contribution >= 4 is 17.4 Å². The molecule has 2 aromatic heterocycles. The molecule has 0 aromatic carbocycles. The van der Waals surface area contributed by atoms with Crippen molar-refractivity contribution in [2.45, 2.75) is 18.9 Å². The normalized spacial score (nSPS) is 16.7. The van der Waals surface area contributed by atoms with Crippen LogP contribution in [0.4, 0.5) is 5.69 Å². The van der Waals surface area contributed by atoms with Crippen LogP contribution in [0.2, 0.25) is 0 Å². The van der Waals surface area contributed by atoms with E-state index in [9.17, 15) is 0 Å². The third kappa shape index (κ3) is 2.51. The van der Waals surface area contributed by atoms with E-state index in [4.69, 9.17) is 0 Å². The monoisotopic (exact) mass is 260 g/mol. The SMILES string of the molecule is c1cnc(-n2cccn2)c(NC2CCSCC2)c1. The summed E-state index contributed by atoms with van der Waals surface area (Å²) in [6, 6.07) is 6.51. The number of hydrogen-bond donors (Lipinski definition) is 1. The number of pyridine rings is 1. The Bertz CT molecular complexity index is 491. The van der Waals surface area contributed by atoms with Gasteiger partial charge in [0.05, 0.1) is 5.69 Å². The van der Waals surface area contributed by atoms with Crippen LogP contribution in [0.25, 0.3) is 5.82 Å². The highest BCUT2D eigenvalue weighted by atomic mass is 32.2. The summed E-state index contributed by atoms with van der Waals surface area (Å²) in [6.07, 6.45) is 7.94. The molecule has 18 heavy (non-hydrogen) atoms. The van der Waals surface area contributed by atoms with Crippen LogP contribution in [0.15, 0.2) is 36.8 Å². The van der Waals surface area contributed by atoms with Crippen molar-refractivity contribution in [3.63, 3.8) is 0 Å². The van der Waals surface area contributed by atoms with Gasteiger partial charge < -0.3 is 5.32 Å². The fourth-order valence-electron chi connectivity index (χ4n) is 2.15. The smallest absolute Gasteiger partial charge is 0.176 e. The lowest BCUT2D eigenvalue weighted by Crippen LogP contribution is -2.25. The molecule has 2 aromatic rings. The largest absolute Gasteiger partial charge is 0.379 e. The topological polar surface area (TPSA) is 42.7 Å². The predicted molar refractivity (Wildman–Crippen MR) is 75.3 cm³/mol. The summed E-state index contributed by atoms with van der Waals surface area (Å²) in [5.74, 6) is 3.37. The van der Waals surface area contributed by atoms with Crippen LogP contribution < -0.4 is 5.32 Å². The molecular formula is C13H16N4S. The molecule has 3 heterocycles. The number of rotatable bonds is 3. The maximum Gasteiger partial charge on any atom is 0.176 e. The van der Waals surface area contributed by atoms with Gasteiger partial charge in [0, 0.05) is 24.6 Å². The minimum Gasteiger partial charge on any atom is -0.379 e. The summed E-state index contributed by atoms with van der Waals surface area (Å²) >= 11 is 2.04. The molecular weight excluding hydrogens is 244 g/mol. The first-order chi connectivity index (χ1) is 8.93. The molecule has 5 heteroatoms. The molecule has 0 bridgehead atoms. The number of hydrogen-bond acceptors (Lipinski definition) is 4. The standard InChI is InChI=1S/C13H16N4S/c1-3-12(16-11-4-9-18-10-5-11)13(14-6-1)17-8-2-7-15-17/h1-3,6-8,11,16H,4-5,9-10H2. The summed E-state index contributed by atoms with van der Waals surface area (Å²) in [4.78, 5) is 4.42. The Morgan fingerprint density at radius 2 is 2.11 bits per heavy atom. The Labute approximate surface area is 111 Å².